The number of aliphatic hydroxyl groups is 1. The number of hydrogen-bond donors (Lipinski definition) is 1. The predicted octanol–water partition coefficient (Wildman–Crippen LogP) is 3.24. The number of hydrogen-bond acceptors (Lipinski definition) is 9. The molecular formula is C30H31N9O2. The standard InChI is InChI=1S/C30H31N9O2/c1-21(40)17-38-19-26(16-34-38)24-11-27(30-25(12-31)15-35-39(30)20-24)23-4-5-28(32-14-23)37-9-7-36(8-10-37)18-22-3-6-29(41-2)33-13-22/h3-6,11,13-16,19-21,40H,7-10,17-18H2,1-2H3. The lowest BCUT2D eigenvalue weighted by atomic mass is 10.0. The van der Waals surface area contributed by atoms with Crippen molar-refractivity contribution in [2.75, 3.05) is 38.2 Å². The Labute approximate surface area is 237 Å². The molecule has 6 heterocycles. The summed E-state index contributed by atoms with van der Waals surface area (Å²) in [4.78, 5) is 13.9. The van der Waals surface area contributed by atoms with Crippen LogP contribution in [0.1, 0.15) is 18.1 Å². The smallest absolute Gasteiger partial charge is 0.212 e. The Morgan fingerprint density at radius 1 is 0.951 bits per heavy atom. The van der Waals surface area contributed by atoms with E-state index in [2.05, 4.69) is 43.2 Å². The summed E-state index contributed by atoms with van der Waals surface area (Å²) in [5.74, 6) is 1.56. The van der Waals surface area contributed by atoms with Gasteiger partial charge < -0.3 is 14.7 Å². The van der Waals surface area contributed by atoms with E-state index in [4.69, 9.17) is 9.72 Å². The number of aliphatic hydroxyl groups excluding tert-OH is 1. The van der Waals surface area contributed by atoms with Crippen molar-refractivity contribution in [1.29, 1.82) is 5.26 Å². The number of piperazine rings is 1. The van der Waals surface area contributed by atoms with Gasteiger partial charge in [-0.15, -0.1) is 0 Å². The maximum absolute atomic E-state index is 9.75. The second kappa shape index (κ2) is 11.4. The zero-order valence-electron chi connectivity index (χ0n) is 23.1. The summed E-state index contributed by atoms with van der Waals surface area (Å²) in [6, 6.07) is 12.4. The molecule has 0 spiro atoms. The molecule has 41 heavy (non-hydrogen) atoms. The number of rotatable bonds is 8. The Bertz CT molecular complexity index is 1680. The first-order chi connectivity index (χ1) is 20.0. The highest BCUT2D eigenvalue weighted by molar-refractivity contribution is 5.87. The minimum atomic E-state index is -0.497. The Morgan fingerprint density at radius 3 is 2.49 bits per heavy atom. The van der Waals surface area contributed by atoms with Crippen molar-refractivity contribution < 1.29 is 9.84 Å². The molecule has 0 radical (unpaired) electrons. The monoisotopic (exact) mass is 549 g/mol. The second-order valence-electron chi connectivity index (χ2n) is 10.3. The van der Waals surface area contributed by atoms with Gasteiger partial charge in [0.15, 0.2) is 0 Å². The highest BCUT2D eigenvalue weighted by atomic mass is 16.5. The molecule has 0 aliphatic carbocycles. The molecule has 5 aromatic rings. The summed E-state index contributed by atoms with van der Waals surface area (Å²) in [7, 11) is 1.62. The first-order valence-electron chi connectivity index (χ1n) is 13.6. The molecule has 0 saturated carbocycles. The van der Waals surface area contributed by atoms with Gasteiger partial charge in [0, 0.05) is 85.8 Å². The van der Waals surface area contributed by atoms with E-state index in [1.165, 1.54) is 5.56 Å². The Morgan fingerprint density at radius 2 is 1.80 bits per heavy atom. The van der Waals surface area contributed by atoms with Crippen LogP contribution in [0.4, 0.5) is 5.82 Å². The minimum absolute atomic E-state index is 0.411. The van der Waals surface area contributed by atoms with E-state index in [0.717, 1.165) is 66.3 Å². The van der Waals surface area contributed by atoms with E-state index >= 15 is 0 Å². The molecule has 0 amide bonds. The summed E-state index contributed by atoms with van der Waals surface area (Å²) in [5.41, 5.74) is 5.99. The van der Waals surface area contributed by atoms with Crippen molar-refractivity contribution in [2.45, 2.75) is 26.1 Å². The van der Waals surface area contributed by atoms with E-state index < -0.39 is 6.10 Å². The molecule has 6 rings (SSSR count). The van der Waals surface area contributed by atoms with Crippen molar-refractivity contribution in [3.8, 4) is 34.2 Å². The number of nitriles is 1. The molecule has 1 saturated heterocycles. The Hall–Kier alpha value is -4.79. The number of pyridine rings is 3. The molecule has 1 aliphatic rings. The zero-order chi connectivity index (χ0) is 28.3. The van der Waals surface area contributed by atoms with Gasteiger partial charge in [-0.3, -0.25) is 9.58 Å². The Kier molecular flexibility index (Phi) is 7.33. The van der Waals surface area contributed by atoms with E-state index in [1.807, 2.05) is 43.0 Å². The van der Waals surface area contributed by atoms with Gasteiger partial charge in [0.25, 0.3) is 0 Å². The van der Waals surface area contributed by atoms with Crippen molar-refractivity contribution in [3.63, 3.8) is 0 Å². The number of fused-ring (bicyclic) bond motifs is 1. The van der Waals surface area contributed by atoms with Gasteiger partial charge in [-0.25, -0.2) is 14.5 Å². The van der Waals surface area contributed by atoms with Crippen LogP contribution in [0.5, 0.6) is 5.88 Å². The number of aromatic nitrogens is 6. The predicted molar refractivity (Wildman–Crippen MR) is 154 cm³/mol. The molecule has 11 heteroatoms. The van der Waals surface area contributed by atoms with Gasteiger partial charge in [-0.2, -0.15) is 15.5 Å². The molecule has 0 aromatic carbocycles. The number of ether oxygens (including phenoxy) is 1. The lowest BCUT2D eigenvalue weighted by Gasteiger charge is -2.35. The van der Waals surface area contributed by atoms with Crippen LogP contribution in [0.3, 0.4) is 0 Å². The van der Waals surface area contributed by atoms with E-state index in [1.54, 1.807) is 35.6 Å². The van der Waals surface area contributed by atoms with Gasteiger partial charge in [-0.1, -0.05) is 6.07 Å². The van der Waals surface area contributed by atoms with E-state index in [9.17, 15) is 10.4 Å². The lowest BCUT2D eigenvalue weighted by molar-refractivity contribution is 0.168. The van der Waals surface area contributed by atoms with Crippen molar-refractivity contribution in [1.82, 2.24) is 34.3 Å². The van der Waals surface area contributed by atoms with Gasteiger partial charge in [0.05, 0.1) is 43.2 Å². The summed E-state index contributed by atoms with van der Waals surface area (Å²) in [5, 5.41) is 28.3. The fraction of sp³-hybridized carbons (Fsp3) is 0.300. The molecule has 208 valence electrons. The number of nitrogens with zero attached hydrogens (tertiary/aromatic N) is 9. The third kappa shape index (κ3) is 5.61. The highest BCUT2D eigenvalue weighted by Gasteiger charge is 2.20. The minimum Gasteiger partial charge on any atom is -0.481 e. The van der Waals surface area contributed by atoms with Crippen LogP contribution in [-0.2, 0) is 13.1 Å². The van der Waals surface area contributed by atoms with Gasteiger partial charge in [0.1, 0.15) is 11.9 Å². The zero-order valence-corrected chi connectivity index (χ0v) is 23.1. The molecule has 5 aromatic heterocycles. The lowest BCUT2D eigenvalue weighted by Crippen LogP contribution is -2.46. The normalized spacial score (nSPS) is 14.7. The average molecular weight is 550 g/mol. The molecular weight excluding hydrogens is 518 g/mol. The molecule has 1 atom stereocenters. The average Bonchev–Trinajstić information content (AvgIpc) is 3.64. The van der Waals surface area contributed by atoms with Gasteiger partial charge in [0.2, 0.25) is 5.88 Å². The summed E-state index contributed by atoms with van der Waals surface area (Å²) in [6.07, 6.45) is 10.4. The van der Waals surface area contributed by atoms with Crippen LogP contribution >= 0.6 is 0 Å². The fourth-order valence-electron chi connectivity index (χ4n) is 5.22. The fourth-order valence-corrected chi connectivity index (χ4v) is 5.22. The topological polar surface area (TPSA) is 121 Å². The van der Waals surface area contributed by atoms with Crippen LogP contribution < -0.4 is 9.64 Å². The maximum Gasteiger partial charge on any atom is 0.212 e. The second-order valence-corrected chi connectivity index (χ2v) is 10.3. The van der Waals surface area contributed by atoms with Crippen LogP contribution in [0.15, 0.2) is 67.5 Å². The number of anilines is 1. The summed E-state index contributed by atoms with van der Waals surface area (Å²) < 4.78 is 8.61. The van der Waals surface area contributed by atoms with E-state index in [-0.39, 0.29) is 0 Å². The number of methoxy groups -OCH3 is 1. The first-order valence-corrected chi connectivity index (χ1v) is 13.6. The third-order valence-corrected chi connectivity index (χ3v) is 7.32. The van der Waals surface area contributed by atoms with Crippen molar-refractivity contribution in [3.05, 3.63) is 78.6 Å². The maximum atomic E-state index is 9.75. The molecule has 11 nitrogen and oxygen atoms in total. The first kappa shape index (κ1) is 26.4. The summed E-state index contributed by atoms with van der Waals surface area (Å²) in [6.45, 7) is 6.63. The van der Waals surface area contributed by atoms with Gasteiger partial charge in [-0.05, 0) is 30.7 Å². The van der Waals surface area contributed by atoms with Crippen LogP contribution in [-0.4, -0.2) is 78.8 Å². The van der Waals surface area contributed by atoms with Crippen molar-refractivity contribution in [2.24, 2.45) is 0 Å². The molecule has 1 fully saturated rings. The SMILES string of the molecule is COc1ccc(CN2CCN(c3ccc(-c4cc(-c5cnn(CC(C)O)c5)cn5ncc(C#N)c45)cn3)CC2)cn1. The quantitative estimate of drug-likeness (QED) is 0.311. The largest absolute Gasteiger partial charge is 0.481 e. The Balaban J connectivity index is 1.21. The summed E-state index contributed by atoms with van der Waals surface area (Å²) >= 11 is 0. The third-order valence-electron chi connectivity index (χ3n) is 7.32. The van der Waals surface area contributed by atoms with Crippen LogP contribution in [0.2, 0.25) is 0 Å². The highest BCUT2D eigenvalue weighted by Crippen LogP contribution is 2.32. The molecule has 1 N–H and O–H groups in total. The van der Waals surface area contributed by atoms with Crippen LogP contribution in [0, 0.1) is 11.3 Å². The molecule has 0 bridgehead atoms. The van der Waals surface area contributed by atoms with Gasteiger partial charge >= 0.3 is 0 Å². The molecule has 1 unspecified atom stereocenters. The van der Waals surface area contributed by atoms with Crippen molar-refractivity contribution >= 4 is 11.3 Å². The van der Waals surface area contributed by atoms with E-state index in [0.29, 0.717) is 18.0 Å². The molecule has 1 aliphatic heterocycles. The van der Waals surface area contributed by atoms with Crippen LogP contribution in [0.25, 0.3) is 27.8 Å².